The van der Waals surface area contributed by atoms with Gasteiger partial charge in [0.1, 0.15) is 11.5 Å². The topological polar surface area (TPSA) is 18.5 Å². The van der Waals surface area contributed by atoms with E-state index < -0.39 is 0 Å². The SMILES string of the molecule is CCCCOc1c(C)ccc2cc(C(C)C)c(OC)cc12. The molecule has 2 heteroatoms. The Morgan fingerprint density at radius 3 is 2.52 bits per heavy atom. The van der Waals surface area contributed by atoms with Gasteiger partial charge >= 0.3 is 0 Å². The largest absolute Gasteiger partial charge is 0.496 e. The second-order valence-corrected chi connectivity index (χ2v) is 5.88. The van der Waals surface area contributed by atoms with Crippen LogP contribution in [0.3, 0.4) is 0 Å². The van der Waals surface area contributed by atoms with Gasteiger partial charge in [-0.3, -0.25) is 0 Å². The zero-order chi connectivity index (χ0) is 15.4. The summed E-state index contributed by atoms with van der Waals surface area (Å²) in [7, 11) is 1.74. The van der Waals surface area contributed by atoms with Crippen molar-refractivity contribution in [2.45, 2.75) is 46.5 Å². The number of rotatable bonds is 6. The Hall–Kier alpha value is -1.70. The summed E-state index contributed by atoms with van der Waals surface area (Å²) in [6.07, 6.45) is 2.22. The Morgan fingerprint density at radius 1 is 1.14 bits per heavy atom. The van der Waals surface area contributed by atoms with Crippen molar-refractivity contribution in [2.75, 3.05) is 13.7 Å². The number of hydrogen-bond donors (Lipinski definition) is 0. The van der Waals surface area contributed by atoms with Crippen LogP contribution in [0, 0.1) is 6.92 Å². The van der Waals surface area contributed by atoms with E-state index in [1.54, 1.807) is 7.11 Å². The number of benzene rings is 2. The summed E-state index contributed by atoms with van der Waals surface area (Å²) in [6.45, 7) is 9.43. The Bertz CT molecular complexity index is 614. The number of aryl methyl sites for hydroxylation is 1. The second kappa shape index (κ2) is 6.84. The maximum absolute atomic E-state index is 6.03. The van der Waals surface area contributed by atoms with Gasteiger partial charge in [0.05, 0.1) is 13.7 Å². The quantitative estimate of drug-likeness (QED) is 0.656. The smallest absolute Gasteiger partial charge is 0.130 e. The van der Waals surface area contributed by atoms with Gasteiger partial charge in [-0.2, -0.15) is 0 Å². The highest BCUT2D eigenvalue weighted by atomic mass is 16.5. The monoisotopic (exact) mass is 286 g/mol. The molecule has 0 N–H and O–H groups in total. The zero-order valence-electron chi connectivity index (χ0n) is 13.8. The summed E-state index contributed by atoms with van der Waals surface area (Å²) in [4.78, 5) is 0. The highest BCUT2D eigenvalue weighted by molar-refractivity contribution is 5.91. The van der Waals surface area contributed by atoms with Crippen molar-refractivity contribution < 1.29 is 9.47 Å². The summed E-state index contributed by atoms with van der Waals surface area (Å²) in [6, 6.07) is 8.66. The molecule has 0 aromatic heterocycles. The maximum Gasteiger partial charge on any atom is 0.130 e. The van der Waals surface area contributed by atoms with Crippen molar-refractivity contribution in [1.82, 2.24) is 0 Å². The molecule has 2 aromatic rings. The van der Waals surface area contributed by atoms with Gasteiger partial charge in [-0.05, 0) is 47.9 Å². The van der Waals surface area contributed by atoms with Gasteiger partial charge in [0.25, 0.3) is 0 Å². The van der Waals surface area contributed by atoms with Gasteiger partial charge in [0.2, 0.25) is 0 Å². The number of fused-ring (bicyclic) bond motifs is 1. The average molecular weight is 286 g/mol. The minimum atomic E-state index is 0.440. The first-order chi connectivity index (χ1) is 10.1. The molecule has 0 bridgehead atoms. The number of unbranched alkanes of at least 4 members (excludes halogenated alkanes) is 1. The van der Waals surface area contributed by atoms with E-state index in [0.29, 0.717) is 5.92 Å². The van der Waals surface area contributed by atoms with Crippen molar-refractivity contribution >= 4 is 10.8 Å². The van der Waals surface area contributed by atoms with E-state index in [9.17, 15) is 0 Å². The molecule has 0 unspecified atom stereocenters. The first-order valence-electron chi connectivity index (χ1n) is 7.82. The molecule has 0 saturated carbocycles. The van der Waals surface area contributed by atoms with Crippen molar-refractivity contribution in [3.05, 3.63) is 35.4 Å². The van der Waals surface area contributed by atoms with Crippen LogP contribution >= 0.6 is 0 Å². The molecule has 0 aliphatic carbocycles. The van der Waals surface area contributed by atoms with Crippen molar-refractivity contribution in [3.63, 3.8) is 0 Å². The standard InChI is InChI=1S/C19H26O2/c1-6-7-10-21-19-14(4)8-9-15-11-16(13(2)3)18(20-5)12-17(15)19/h8-9,11-13H,6-7,10H2,1-5H3. The molecular weight excluding hydrogens is 260 g/mol. The van der Waals surface area contributed by atoms with Crippen molar-refractivity contribution in [2.24, 2.45) is 0 Å². The summed E-state index contributed by atoms with van der Waals surface area (Å²) in [5, 5.41) is 2.36. The van der Waals surface area contributed by atoms with Crippen LogP contribution in [0.15, 0.2) is 24.3 Å². The summed E-state index contributed by atoms with van der Waals surface area (Å²) in [5.74, 6) is 2.38. The summed E-state index contributed by atoms with van der Waals surface area (Å²) in [5.41, 5.74) is 2.42. The van der Waals surface area contributed by atoms with Gasteiger partial charge in [-0.25, -0.2) is 0 Å². The fraction of sp³-hybridized carbons (Fsp3) is 0.474. The first-order valence-corrected chi connectivity index (χ1v) is 7.82. The third kappa shape index (κ3) is 3.31. The number of methoxy groups -OCH3 is 1. The van der Waals surface area contributed by atoms with Crippen LogP contribution in [-0.2, 0) is 0 Å². The lowest BCUT2D eigenvalue weighted by Gasteiger charge is -2.17. The molecule has 0 fully saturated rings. The van der Waals surface area contributed by atoms with E-state index in [-0.39, 0.29) is 0 Å². The van der Waals surface area contributed by atoms with Gasteiger partial charge in [-0.1, -0.05) is 39.3 Å². The molecule has 2 nitrogen and oxygen atoms in total. The summed E-state index contributed by atoms with van der Waals surface area (Å²) >= 11 is 0. The van der Waals surface area contributed by atoms with Gasteiger partial charge < -0.3 is 9.47 Å². The zero-order valence-corrected chi connectivity index (χ0v) is 13.8. The normalized spacial score (nSPS) is 11.1. The van der Waals surface area contributed by atoms with E-state index in [1.807, 2.05) is 0 Å². The minimum absolute atomic E-state index is 0.440. The fourth-order valence-corrected chi connectivity index (χ4v) is 2.59. The van der Waals surface area contributed by atoms with Gasteiger partial charge in [0, 0.05) is 5.39 Å². The lowest BCUT2D eigenvalue weighted by Crippen LogP contribution is -2.00. The predicted molar refractivity (Wildman–Crippen MR) is 89.7 cm³/mol. The van der Waals surface area contributed by atoms with E-state index in [4.69, 9.17) is 9.47 Å². The molecule has 21 heavy (non-hydrogen) atoms. The lowest BCUT2D eigenvalue weighted by atomic mass is 9.96. The molecule has 2 rings (SSSR count). The van der Waals surface area contributed by atoms with Crippen molar-refractivity contribution in [1.29, 1.82) is 0 Å². The van der Waals surface area contributed by atoms with Crippen LogP contribution in [-0.4, -0.2) is 13.7 Å². The Labute approximate surface area is 128 Å². The molecule has 0 aliphatic heterocycles. The minimum Gasteiger partial charge on any atom is -0.496 e. The molecule has 0 heterocycles. The van der Waals surface area contributed by atoms with Crippen LogP contribution < -0.4 is 9.47 Å². The molecule has 0 saturated heterocycles. The van der Waals surface area contributed by atoms with E-state index >= 15 is 0 Å². The molecule has 0 aliphatic rings. The second-order valence-electron chi connectivity index (χ2n) is 5.88. The van der Waals surface area contributed by atoms with E-state index in [1.165, 1.54) is 16.5 Å². The molecule has 0 amide bonds. The molecule has 0 radical (unpaired) electrons. The van der Waals surface area contributed by atoms with Crippen LogP contribution in [0.5, 0.6) is 11.5 Å². The molecule has 0 atom stereocenters. The van der Waals surface area contributed by atoms with Crippen molar-refractivity contribution in [3.8, 4) is 11.5 Å². The third-order valence-electron chi connectivity index (χ3n) is 3.88. The highest BCUT2D eigenvalue weighted by Crippen LogP contribution is 2.37. The van der Waals surface area contributed by atoms with Gasteiger partial charge in [0.15, 0.2) is 0 Å². The van der Waals surface area contributed by atoms with Gasteiger partial charge in [-0.15, -0.1) is 0 Å². The maximum atomic E-state index is 6.03. The highest BCUT2D eigenvalue weighted by Gasteiger charge is 2.13. The summed E-state index contributed by atoms with van der Waals surface area (Å²) < 4.78 is 11.6. The lowest BCUT2D eigenvalue weighted by molar-refractivity contribution is 0.311. The average Bonchev–Trinajstić information content (AvgIpc) is 2.48. The predicted octanol–water partition coefficient (Wildman–Crippen LogP) is 5.46. The Balaban J connectivity index is 2.54. The molecule has 0 spiro atoms. The van der Waals surface area contributed by atoms with E-state index in [0.717, 1.165) is 36.3 Å². The molecular formula is C19H26O2. The Morgan fingerprint density at radius 2 is 1.90 bits per heavy atom. The molecule has 2 aromatic carbocycles. The molecule has 114 valence electrons. The van der Waals surface area contributed by atoms with Crippen LogP contribution in [0.4, 0.5) is 0 Å². The Kier molecular flexibility index (Phi) is 5.11. The van der Waals surface area contributed by atoms with E-state index in [2.05, 4.69) is 52.0 Å². The third-order valence-corrected chi connectivity index (χ3v) is 3.88. The fourth-order valence-electron chi connectivity index (χ4n) is 2.59. The van der Waals surface area contributed by atoms with Crippen LogP contribution in [0.1, 0.15) is 50.7 Å². The first kappa shape index (κ1) is 15.7. The number of hydrogen-bond acceptors (Lipinski definition) is 2. The number of ether oxygens (including phenoxy) is 2. The van der Waals surface area contributed by atoms with Crippen LogP contribution in [0.2, 0.25) is 0 Å². The van der Waals surface area contributed by atoms with Crippen LogP contribution in [0.25, 0.3) is 10.8 Å².